The first kappa shape index (κ1) is 10.1. The molecule has 0 fully saturated rings. The van der Waals surface area contributed by atoms with E-state index in [0.717, 1.165) is 36.8 Å². The first-order chi connectivity index (χ1) is 8.43. The van der Waals surface area contributed by atoms with Gasteiger partial charge in [-0.2, -0.15) is 5.10 Å². The molecule has 6 heteroatoms. The van der Waals surface area contributed by atoms with E-state index < -0.39 is 0 Å². The summed E-state index contributed by atoms with van der Waals surface area (Å²) >= 11 is 0. The van der Waals surface area contributed by atoms with Crippen molar-refractivity contribution in [1.29, 1.82) is 0 Å². The number of aliphatic imine (C=N–C) groups is 1. The van der Waals surface area contributed by atoms with Gasteiger partial charge in [-0.15, -0.1) is 0 Å². The third-order valence-electron chi connectivity index (χ3n) is 2.70. The fourth-order valence-corrected chi connectivity index (χ4v) is 1.84. The maximum atomic E-state index is 4.36. The Labute approximate surface area is 98.8 Å². The number of nitrogens with one attached hydrogen (secondary N) is 2. The predicted molar refractivity (Wildman–Crippen MR) is 64.7 cm³/mol. The Kier molecular flexibility index (Phi) is 2.61. The van der Waals surface area contributed by atoms with Crippen LogP contribution in [-0.4, -0.2) is 33.6 Å². The van der Waals surface area contributed by atoms with Gasteiger partial charge in [0.05, 0.1) is 18.4 Å². The first-order valence-corrected chi connectivity index (χ1v) is 5.73. The molecule has 0 aromatic carbocycles. The van der Waals surface area contributed by atoms with Gasteiger partial charge >= 0.3 is 0 Å². The average molecular weight is 230 g/mol. The van der Waals surface area contributed by atoms with Gasteiger partial charge in [0, 0.05) is 25.4 Å². The Balaban J connectivity index is 1.76. The molecule has 2 aromatic rings. The number of nitrogens with zero attached hydrogens (tertiary/aromatic N) is 4. The summed E-state index contributed by atoms with van der Waals surface area (Å²) in [6.07, 6.45) is 4.65. The van der Waals surface area contributed by atoms with E-state index in [1.807, 2.05) is 16.6 Å². The lowest BCUT2D eigenvalue weighted by atomic mass is 10.4. The molecule has 17 heavy (non-hydrogen) atoms. The van der Waals surface area contributed by atoms with Crippen LogP contribution in [0.1, 0.15) is 12.1 Å². The van der Waals surface area contributed by atoms with Crippen LogP contribution in [0.15, 0.2) is 29.5 Å². The number of rotatable bonds is 2. The second kappa shape index (κ2) is 4.40. The summed E-state index contributed by atoms with van der Waals surface area (Å²) in [5.41, 5.74) is 1.93. The SMILES string of the molecule is c1cc(CNC2=NCCCN2)n2nccc2n1. The van der Waals surface area contributed by atoms with E-state index in [1.165, 1.54) is 0 Å². The van der Waals surface area contributed by atoms with Crippen LogP contribution in [0.3, 0.4) is 0 Å². The van der Waals surface area contributed by atoms with Crippen molar-refractivity contribution in [3.05, 3.63) is 30.2 Å². The molecule has 0 radical (unpaired) electrons. The quantitative estimate of drug-likeness (QED) is 0.771. The van der Waals surface area contributed by atoms with E-state index in [1.54, 1.807) is 12.4 Å². The zero-order chi connectivity index (χ0) is 11.5. The normalized spacial score (nSPS) is 15.4. The van der Waals surface area contributed by atoms with Gasteiger partial charge in [0.2, 0.25) is 0 Å². The van der Waals surface area contributed by atoms with Crippen molar-refractivity contribution in [3.8, 4) is 0 Å². The van der Waals surface area contributed by atoms with Crippen LogP contribution in [-0.2, 0) is 6.54 Å². The third kappa shape index (κ3) is 2.06. The minimum absolute atomic E-state index is 0.687. The van der Waals surface area contributed by atoms with Gasteiger partial charge in [0.1, 0.15) is 0 Å². The Hall–Kier alpha value is -2.11. The van der Waals surface area contributed by atoms with Crippen molar-refractivity contribution in [2.45, 2.75) is 13.0 Å². The lowest BCUT2D eigenvalue weighted by Crippen LogP contribution is -2.40. The second-order valence-electron chi connectivity index (χ2n) is 3.90. The lowest BCUT2D eigenvalue weighted by molar-refractivity contribution is 0.690. The summed E-state index contributed by atoms with van der Waals surface area (Å²) in [5, 5.41) is 10.7. The topological polar surface area (TPSA) is 66.6 Å². The van der Waals surface area contributed by atoms with Crippen molar-refractivity contribution in [2.75, 3.05) is 13.1 Å². The zero-order valence-corrected chi connectivity index (χ0v) is 9.43. The lowest BCUT2D eigenvalue weighted by Gasteiger charge is -2.16. The fraction of sp³-hybridized carbons (Fsp3) is 0.364. The highest BCUT2D eigenvalue weighted by Crippen LogP contribution is 2.02. The average Bonchev–Trinajstić information content (AvgIpc) is 2.86. The largest absolute Gasteiger partial charge is 0.356 e. The monoisotopic (exact) mass is 230 g/mol. The molecule has 0 bridgehead atoms. The maximum Gasteiger partial charge on any atom is 0.191 e. The number of guanidine groups is 1. The minimum Gasteiger partial charge on any atom is -0.356 e. The Morgan fingerprint density at radius 2 is 2.35 bits per heavy atom. The standard InChI is InChI=1S/C11H14N6/c1-4-13-11(14-5-1)15-8-9-2-6-12-10-3-7-16-17(9)10/h2-3,6-7H,1,4-5,8H2,(H2,13,14,15). The van der Waals surface area contributed by atoms with E-state index in [0.29, 0.717) is 6.54 Å². The Bertz CT molecular complexity index is 544. The van der Waals surface area contributed by atoms with E-state index in [-0.39, 0.29) is 0 Å². The molecule has 0 saturated carbocycles. The fourth-order valence-electron chi connectivity index (χ4n) is 1.84. The molecule has 1 aliphatic heterocycles. The van der Waals surface area contributed by atoms with Gasteiger partial charge in [-0.25, -0.2) is 9.50 Å². The Morgan fingerprint density at radius 3 is 3.24 bits per heavy atom. The summed E-state index contributed by atoms with van der Waals surface area (Å²) < 4.78 is 1.83. The van der Waals surface area contributed by atoms with Gasteiger partial charge in [0.15, 0.2) is 11.6 Å². The smallest absolute Gasteiger partial charge is 0.191 e. The summed E-state index contributed by atoms with van der Waals surface area (Å²) in [4.78, 5) is 8.58. The van der Waals surface area contributed by atoms with Crippen LogP contribution in [0.5, 0.6) is 0 Å². The predicted octanol–water partition coefficient (Wildman–Crippen LogP) is 0.168. The highest BCUT2D eigenvalue weighted by atomic mass is 15.3. The van der Waals surface area contributed by atoms with Crippen LogP contribution in [0, 0.1) is 0 Å². The van der Waals surface area contributed by atoms with Crippen LogP contribution in [0.2, 0.25) is 0 Å². The summed E-state index contributed by atoms with van der Waals surface area (Å²) in [6.45, 7) is 2.56. The molecule has 0 unspecified atom stereocenters. The summed E-state index contributed by atoms with van der Waals surface area (Å²) in [5.74, 6) is 0.869. The van der Waals surface area contributed by atoms with Gasteiger partial charge in [-0.3, -0.25) is 4.99 Å². The molecule has 88 valence electrons. The van der Waals surface area contributed by atoms with Gasteiger partial charge in [-0.1, -0.05) is 0 Å². The van der Waals surface area contributed by atoms with Crippen molar-refractivity contribution >= 4 is 11.6 Å². The molecule has 0 spiro atoms. The molecule has 0 atom stereocenters. The van der Waals surface area contributed by atoms with Crippen molar-refractivity contribution in [3.63, 3.8) is 0 Å². The highest BCUT2D eigenvalue weighted by Gasteiger charge is 2.05. The molecule has 1 aliphatic rings. The molecule has 3 rings (SSSR count). The summed E-state index contributed by atoms with van der Waals surface area (Å²) in [6, 6.07) is 3.84. The molecule has 2 N–H and O–H groups in total. The number of fused-ring (bicyclic) bond motifs is 1. The van der Waals surface area contributed by atoms with Gasteiger partial charge < -0.3 is 10.6 Å². The number of hydrogen-bond acceptors (Lipinski definition) is 5. The minimum atomic E-state index is 0.687. The number of aromatic nitrogens is 3. The van der Waals surface area contributed by atoms with Crippen LogP contribution in [0.4, 0.5) is 0 Å². The van der Waals surface area contributed by atoms with Gasteiger partial charge in [-0.05, 0) is 12.5 Å². The third-order valence-corrected chi connectivity index (χ3v) is 2.70. The molecule has 2 aromatic heterocycles. The first-order valence-electron chi connectivity index (χ1n) is 5.73. The highest BCUT2D eigenvalue weighted by molar-refractivity contribution is 5.80. The van der Waals surface area contributed by atoms with Crippen LogP contribution in [0.25, 0.3) is 5.65 Å². The number of hydrogen-bond donors (Lipinski definition) is 2. The molecule has 0 amide bonds. The van der Waals surface area contributed by atoms with Crippen LogP contribution < -0.4 is 10.6 Å². The molecular weight excluding hydrogens is 216 g/mol. The summed E-state index contributed by atoms with van der Waals surface area (Å²) in [7, 11) is 0. The van der Waals surface area contributed by atoms with Gasteiger partial charge in [0.25, 0.3) is 0 Å². The molecule has 6 nitrogen and oxygen atoms in total. The van der Waals surface area contributed by atoms with E-state index in [4.69, 9.17) is 0 Å². The van der Waals surface area contributed by atoms with E-state index >= 15 is 0 Å². The van der Waals surface area contributed by atoms with E-state index in [9.17, 15) is 0 Å². The van der Waals surface area contributed by atoms with Crippen LogP contribution >= 0.6 is 0 Å². The Morgan fingerprint density at radius 1 is 1.35 bits per heavy atom. The molecular formula is C11H14N6. The van der Waals surface area contributed by atoms with E-state index in [2.05, 4.69) is 25.7 Å². The second-order valence-corrected chi connectivity index (χ2v) is 3.90. The molecule has 0 saturated heterocycles. The van der Waals surface area contributed by atoms with Crippen molar-refractivity contribution < 1.29 is 0 Å². The maximum absolute atomic E-state index is 4.36. The molecule has 0 aliphatic carbocycles. The van der Waals surface area contributed by atoms with Crippen molar-refractivity contribution in [1.82, 2.24) is 25.2 Å². The zero-order valence-electron chi connectivity index (χ0n) is 9.43. The van der Waals surface area contributed by atoms with Crippen molar-refractivity contribution in [2.24, 2.45) is 4.99 Å². The molecule has 3 heterocycles.